The van der Waals surface area contributed by atoms with Gasteiger partial charge in [-0.1, -0.05) is 78.9 Å². The second kappa shape index (κ2) is 11.7. The average Bonchev–Trinajstić information content (AvgIpc) is 3.13. The highest BCUT2D eigenvalue weighted by Gasteiger charge is 2.28. The SMILES string of the molecule is O=C(CC1N=C(N/N=C\C=C\c2ccccc2)NC1=O)O/C=C\C=C\c1ccccc1. The number of allylic oxidation sites excluding steroid dienone is 3. The number of aliphatic imine (C=N–C) groups is 1. The molecule has 0 saturated heterocycles. The lowest BCUT2D eigenvalue weighted by molar-refractivity contribution is -0.139. The van der Waals surface area contributed by atoms with E-state index < -0.39 is 12.0 Å². The van der Waals surface area contributed by atoms with E-state index in [1.807, 2.05) is 72.8 Å². The van der Waals surface area contributed by atoms with E-state index in [-0.39, 0.29) is 18.3 Å². The van der Waals surface area contributed by atoms with Crippen molar-refractivity contribution in [2.75, 3.05) is 0 Å². The van der Waals surface area contributed by atoms with Crippen LogP contribution in [0.15, 0.2) is 95.2 Å². The predicted octanol–water partition coefficient (Wildman–Crippen LogP) is 3.29. The van der Waals surface area contributed by atoms with Crippen molar-refractivity contribution >= 4 is 36.2 Å². The van der Waals surface area contributed by atoms with Crippen molar-refractivity contribution in [1.29, 1.82) is 0 Å². The number of rotatable bonds is 8. The Hall–Kier alpha value is -4.26. The number of nitrogens with zero attached hydrogens (tertiary/aromatic N) is 2. The van der Waals surface area contributed by atoms with Crippen molar-refractivity contribution < 1.29 is 14.3 Å². The molecule has 3 rings (SSSR count). The van der Waals surface area contributed by atoms with Crippen LogP contribution in [0.5, 0.6) is 0 Å². The Balaban J connectivity index is 1.40. The van der Waals surface area contributed by atoms with E-state index in [1.165, 1.54) is 12.5 Å². The van der Waals surface area contributed by atoms with Crippen molar-refractivity contribution in [2.45, 2.75) is 12.5 Å². The van der Waals surface area contributed by atoms with Gasteiger partial charge in [-0.05, 0) is 23.3 Å². The van der Waals surface area contributed by atoms with Gasteiger partial charge in [0.1, 0.15) is 6.04 Å². The topological polar surface area (TPSA) is 92.1 Å². The third-order valence-corrected chi connectivity index (χ3v) is 4.09. The number of esters is 1. The summed E-state index contributed by atoms with van der Waals surface area (Å²) in [5, 5.41) is 6.51. The zero-order valence-corrected chi connectivity index (χ0v) is 16.7. The first-order chi connectivity index (χ1) is 15.2. The number of carbonyl (C=O) groups excluding carboxylic acids is 2. The van der Waals surface area contributed by atoms with E-state index in [1.54, 1.807) is 18.2 Å². The molecule has 156 valence electrons. The van der Waals surface area contributed by atoms with Crippen LogP contribution in [0.4, 0.5) is 0 Å². The number of benzene rings is 2. The van der Waals surface area contributed by atoms with E-state index >= 15 is 0 Å². The summed E-state index contributed by atoms with van der Waals surface area (Å²) >= 11 is 0. The van der Waals surface area contributed by atoms with Crippen LogP contribution in [0, 0.1) is 0 Å². The lowest BCUT2D eigenvalue weighted by atomic mass is 10.2. The van der Waals surface area contributed by atoms with Gasteiger partial charge in [0, 0.05) is 6.21 Å². The Morgan fingerprint density at radius 2 is 1.65 bits per heavy atom. The zero-order valence-electron chi connectivity index (χ0n) is 16.7. The highest BCUT2D eigenvalue weighted by Crippen LogP contribution is 2.06. The third-order valence-electron chi connectivity index (χ3n) is 4.09. The summed E-state index contributed by atoms with van der Waals surface area (Å²) in [7, 11) is 0. The molecule has 1 unspecified atom stereocenters. The molecule has 1 atom stereocenters. The van der Waals surface area contributed by atoms with Crippen LogP contribution in [0.3, 0.4) is 0 Å². The van der Waals surface area contributed by atoms with E-state index in [2.05, 4.69) is 20.8 Å². The zero-order chi connectivity index (χ0) is 21.7. The highest BCUT2D eigenvalue weighted by molar-refractivity contribution is 6.06. The molecule has 0 bridgehead atoms. The first-order valence-electron chi connectivity index (χ1n) is 9.68. The molecule has 1 aliphatic heterocycles. The quantitative estimate of drug-likeness (QED) is 0.228. The lowest BCUT2D eigenvalue weighted by Crippen LogP contribution is -2.35. The van der Waals surface area contributed by atoms with Gasteiger partial charge in [-0.2, -0.15) is 5.10 Å². The van der Waals surface area contributed by atoms with Crippen LogP contribution in [-0.2, 0) is 14.3 Å². The number of ether oxygens (including phenoxy) is 1. The van der Waals surface area contributed by atoms with Crippen molar-refractivity contribution in [3.05, 3.63) is 96.3 Å². The minimum Gasteiger partial charge on any atom is -0.434 e. The summed E-state index contributed by atoms with van der Waals surface area (Å²) in [6.07, 6.45) is 11.5. The number of hydrazone groups is 1. The molecule has 1 aliphatic rings. The number of nitrogens with one attached hydrogen (secondary N) is 2. The van der Waals surface area contributed by atoms with Gasteiger partial charge in [0.25, 0.3) is 5.91 Å². The minimum absolute atomic E-state index is 0.165. The van der Waals surface area contributed by atoms with Crippen LogP contribution in [0.2, 0.25) is 0 Å². The van der Waals surface area contributed by atoms with Crippen molar-refractivity contribution in [3.63, 3.8) is 0 Å². The average molecular weight is 414 g/mol. The molecule has 2 N–H and O–H groups in total. The summed E-state index contributed by atoms with van der Waals surface area (Å²) < 4.78 is 5.00. The molecule has 7 nitrogen and oxygen atoms in total. The lowest BCUT2D eigenvalue weighted by Gasteiger charge is -2.01. The van der Waals surface area contributed by atoms with Gasteiger partial charge >= 0.3 is 5.97 Å². The second-order valence-electron chi connectivity index (χ2n) is 6.43. The van der Waals surface area contributed by atoms with Crippen LogP contribution < -0.4 is 10.7 Å². The first kappa shape index (κ1) is 21.4. The molecular formula is C24H22N4O3. The van der Waals surface area contributed by atoms with Crippen LogP contribution in [-0.4, -0.2) is 30.1 Å². The number of hydrogen-bond donors (Lipinski definition) is 2. The number of amides is 1. The van der Waals surface area contributed by atoms with E-state index in [9.17, 15) is 9.59 Å². The Morgan fingerprint density at radius 1 is 1.00 bits per heavy atom. The third kappa shape index (κ3) is 7.58. The maximum absolute atomic E-state index is 12.0. The Labute approximate surface area is 180 Å². The molecular weight excluding hydrogens is 392 g/mol. The Kier molecular flexibility index (Phi) is 8.08. The van der Waals surface area contributed by atoms with Gasteiger partial charge in [0.2, 0.25) is 5.96 Å². The summed E-state index contributed by atoms with van der Waals surface area (Å²) in [4.78, 5) is 28.0. The molecule has 1 amide bonds. The fourth-order valence-corrected chi connectivity index (χ4v) is 2.60. The molecule has 0 radical (unpaired) electrons. The first-order valence-corrected chi connectivity index (χ1v) is 9.68. The fraction of sp³-hybridized carbons (Fsp3) is 0.0833. The molecule has 0 saturated carbocycles. The highest BCUT2D eigenvalue weighted by atomic mass is 16.5. The summed E-state index contributed by atoms with van der Waals surface area (Å²) in [5.41, 5.74) is 4.72. The molecule has 2 aromatic carbocycles. The summed E-state index contributed by atoms with van der Waals surface area (Å²) in [5.74, 6) is -0.750. The molecule has 0 aliphatic carbocycles. The van der Waals surface area contributed by atoms with Gasteiger partial charge in [0.15, 0.2) is 0 Å². The van der Waals surface area contributed by atoms with Gasteiger partial charge in [-0.15, -0.1) is 0 Å². The Bertz CT molecular complexity index is 1030. The molecule has 0 fully saturated rings. The monoisotopic (exact) mass is 414 g/mol. The van der Waals surface area contributed by atoms with Crippen LogP contribution in [0.1, 0.15) is 17.5 Å². The van der Waals surface area contributed by atoms with Crippen LogP contribution in [0.25, 0.3) is 12.2 Å². The molecule has 7 heteroatoms. The number of guanidine groups is 1. The second-order valence-corrected chi connectivity index (χ2v) is 6.43. The standard InChI is InChI=1S/C24H22N4O3/c29-22(31-17-8-7-14-19-10-3-1-4-11-19)18-21-23(30)27-24(26-21)28-25-16-9-15-20-12-5-2-6-13-20/h1-17,21H,18H2,(H2,26,27,28,30)/b14-7+,15-9+,17-8-,25-16-. The van der Waals surface area contributed by atoms with Crippen molar-refractivity contribution in [3.8, 4) is 0 Å². The van der Waals surface area contributed by atoms with Crippen LogP contribution >= 0.6 is 0 Å². The van der Waals surface area contributed by atoms with E-state index in [0.717, 1.165) is 11.1 Å². The normalized spacial score (nSPS) is 16.3. The summed E-state index contributed by atoms with van der Waals surface area (Å²) in [6, 6.07) is 18.7. The largest absolute Gasteiger partial charge is 0.434 e. The number of carbonyl (C=O) groups is 2. The van der Waals surface area contributed by atoms with Gasteiger partial charge in [0.05, 0.1) is 12.7 Å². The van der Waals surface area contributed by atoms with E-state index in [0.29, 0.717) is 0 Å². The predicted molar refractivity (Wildman–Crippen MR) is 122 cm³/mol. The van der Waals surface area contributed by atoms with Crippen molar-refractivity contribution in [2.24, 2.45) is 10.1 Å². The Morgan fingerprint density at radius 3 is 2.32 bits per heavy atom. The molecule has 0 spiro atoms. The molecule has 31 heavy (non-hydrogen) atoms. The van der Waals surface area contributed by atoms with Crippen molar-refractivity contribution in [1.82, 2.24) is 10.7 Å². The maximum Gasteiger partial charge on any atom is 0.313 e. The smallest absolute Gasteiger partial charge is 0.313 e. The molecule has 2 aromatic rings. The summed E-state index contributed by atoms with van der Waals surface area (Å²) in [6.45, 7) is 0. The minimum atomic E-state index is -0.849. The maximum atomic E-state index is 12.0. The van der Waals surface area contributed by atoms with E-state index in [4.69, 9.17) is 4.74 Å². The van der Waals surface area contributed by atoms with Gasteiger partial charge in [-0.25, -0.2) is 10.4 Å². The molecule has 0 aromatic heterocycles. The fourth-order valence-electron chi connectivity index (χ4n) is 2.60. The number of hydrogen-bond acceptors (Lipinski definition) is 6. The van der Waals surface area contributed by atoms with Gasteiger partial charge < -0.3 is 4.74 Å². The molecule has 1 heterocycles. The van der Waals surface area contributed by atoms with Gasteiger partial charge in [-0.3, -0.25) is 14.9 Å².